The van der Waals surface area contributed by atoms with Crippen LogP contribution < -0.4 is 24.8 Å². The molecule has 0 saturated carbocycles. The Balaban J connectivity index is 1.81. The molecular formula is C26H30N4O4. The normalized spacial score (nSPS) is 11.4. The van der Waals surface area contributed by atoms with Crippen LogP contribution in [0.2, 0.25) is 0 Å². The third-order valence-electron chi connectivity index (χ3n) is 5.55. The Morgan fingerprint density at radius 2 is 1.68 bits per heavy atom. The molecule has 8 nitrogen and oxygen atoms in total. The summed E-state index contributed by atoms with van der Waals surface area (Å²) in [4.78, 5) is 20.5. The average Bonchev–Trinajstić information content (AvgIpc) is 2.82. The van der Waals surface area contributed by atoms with Crippen LogP contribution in [-0.4, -0.2) is 30.1 Å². The van der Waals surface area contributed by atoms with E-state index in [9.17, 15) is 4.79 Å². The Morgan fingerprint density at radius 3 is 2.24 bits per heavy atom. The van der Waals surface area contributed by atoms with Gasteiger partial charge in [0.15, 0.2) is 5.75 Å². The van der Waals surface area contributed by atoms with Gasteiger partial charge >= 0.3 is 0 Å². The van der Waals surface area contributed by atoms with Crippen molar-refractivity contribution in [3.8, 4) is 17.2 Å². The van der Waals surface area contributed by atoms with Crippen molar-refractivity contribution in [3.05, 3.63) is 71.6 Å². The highest BCUT2D eigenvalue weighted by Crippen LogP contribution is 2.37. The quantitative estimate of drug-likeness (QED) is 0.410. The van der Waals surface area contributed by atoms with Crippen LogP contribution in [0.15, 0.2) is 49.3 Å². The van der Waals surface area contributed by atoms with Crippen LogP contribution in [0.1, 0.15) is 35.3 Å². The number of para-hydroxylation sites is 1. The van der Waals surface area contributed by atoms with Crippen molar-refractivity contribution in [1.82, 2.24) is 9.97 Å². The van der Waals surface area contributed by atoms with E-state index in [1.165, 1.54) is 6.08 Å². The van der Waals surface area contributed by atoms with E-state index in [-0.39, 0.29) is 12.0 Å². The monoisotopic (exact) mass is 462 g/mol. The lowest BCUT2D eigenvalue weighted by molar-refractivity contribution is -0.111. The number of amides is 1. The molecule has 1 amide bonds. The molecule has 2 N–H and O–H groups in total. The lowest BCUT2D eigenvalue weighted by Gasteiger charge is -2.22. The number of rotatable bonds is 9. The van der Waals surface area contributed by atoms with Gasteiger partial charge in [-0.05, 0) is 56.5 Å². The number of ether oxygens (including phenoxy) is 3. The van der Waals surface area contributed by atoms with E-state index in [1.807, 2.05) is 45.9 Å². The Hall–Kier alpha value is -4.07. The second-order valence-corrected chi connectivity index (χ2v) is 7.76. The van der Waals surface area contributed by atoms with Crippen LogP contribution in [0.5, 0.6) is 17.2 Å². The van der Waals surface area contributed by atoms with Crippen molar-refractivity contribution in [2.75, 3.05) is 24.9 Å². The number of carbonyl (C=O) groups is 1. The fraction of sp³-hybridized carbons (Fsp3) is 0.269. The summed E-state index contributed by atoms with van der Waals surface area (Å²) >= 11 is 0. The summed E-state index contributed by atoms with van der Waals surface area (Å²) in [5.41, 5.74) is 5.20. The second kappa shape index (κ2) is 10.7. The predicted octanol–water partition coefficient (Wildman–Crippen LogP) is 5.43. The maximum absolute atomic E-state index is 11.8. The number of hydrogen-bond donors (Lipinski definition) is 2. The molecule has 1 heterocycles. The number of nitrogens with one attached hydrogen (secondary N) is 2. The van der Waals surface area contributed by atoms with Gasteiger partial charge < -0.3 is 24.8 Å². The van der Waals surface area contributed by atoms with Crippen molar-refractivity contribution in [3.63, 3.8) is 0 Å². The molecule has 0 bridgehead atoms. The molecule has 1 aromatic heterocycles. The molecule has 3 rings (SSSR count). The van der Waals surface area contributed by atoms with Crippen molar-refractivity contribution in [2.45, 2.75) is 33.8 Å². The van der Waals surface area contributed by atoms with Gasteiger partial charge in [-0.3, -0.25) is 4.79 Å². The summed E-state index contributed by atoms with van der Waals surface area (Å²) in [6.07, 6.45) is 4.14. The molecule has 8 heteroatoms. The Bertz CT molecular complexity index is 1160. The number of benzene rings is 2. The minimum atomic E-state index is -0.299. The molecule has 0 unspecified atom stereocenters. The summed E-state index contributed by atoms with van der Waals surface area (Å²) in [6, 6.07) is 7.46. The summed E-state index contributed by atoms with van der Waals surface area (Å²) in [5.74, 6) is 2.07. The van der Waals surface area contributed by atoms with Gasteiger partial charge in [-0.1, -0.05) is 18.7 Å². The fourth-order valence-electron chi connectivity index (χ4n) is 3.85. The molecule has 3 aromatic rings. The molecule has 34 heavy (non-hydrogen) atoms. The maximum Gasteiger partial charge on any atom is 0.247 e. The van der Waals surface area contributed by atoms with E-state index in [1.54, 1.807) is 32.7 Å². The summed E-state index contributed by atoms with van der Waals surface area (Å²) in [7, 11) is 3.27. The molecular weight excluding hydrogens is 432 g/mol. The van der Waals surface area contributed by atoms with Gasteiger partial charge in [0.1, 0.15) is 17.6 Å². The SMILES string of the molecule is C=CC(=O)Nc1cccc(C)c1Nc1ncc(O[C@H](C)c2c(C)c(OC)cc(OC)c2C)cn1. The van der Waals surface area contributed by atoms with Gasteiger partial charge in [0, 0.05) is 11.6 Å². The number of anilines is 3. The molecule has 0 aliphatic rings. The predicted molar refractivity (Wildman–Crippen MR) is 133 cm³/mol. The van der Waals surface area contributed by atoms with E-state index in [2.05, 4.69) is 27.2 Å². The minimum absolute atomic E-state index is 0.288. The van der Waals surface area contributed by atoms with E-state index in [4.69, 9.17) is 14.2 Å². The number of nitrogens with zero attached hydrogens (tertiary/aromatic N) is 2. The van der Waals surface area contributed by atoms with Gasteiger partial charge in [0.2, 0.25) is 11.9 Å². The topological polar surface area (TPSA) is 94.6 Å². The first-order chi connectivity index (χ1) is 16.3. The molecule has 0 spiro atoms. The zero-order chi connectivity index (χ0) is 24.8. The standard InChI is InChI=1S/C26H30N4O4/c1-8-23(31)29-20-11-9-10-15(2)25(20)30-26-27-13-19(14-28-26)34-18(5)24-16(3)21(32-6)12-22(33-7)17(24)4/h8-14,18H,1H2,2-7H3,(H,29,31)(H,27,28,30)/t18-/m1/s1. The second-order valence-electron chi connectivity index (χ2n) is 7.76. The van der Waals surface area contributed by atoms with Crippen LogP contribution in [0, 0.1) is 20.8 Å². The third-order valence-corrected chi connectivity index (χ3v) is 5.55. The number of hydrogen-bond acceptors (Lipinski definition) is 7. The largest absolute Gasteiger partial charge is 0.496 e. The first-order valence-electron chi connectivity index (χ1n) is 10.8. The molecule has 1 atom stereocenters. The first kappa shape index (κ1) is 24.6. The van der Waals surface area contributed by atoms with Crippen LogP contribution in [0.4, 0.5) is 17.3 Å². The fourth-order valence-corrected chi connectivity index (χ4v) is 3.85. The highest BCUT2D eigenvalue weighted by atomic mass is 16.5. The first-order valence-corrected chi connectivity index (χ1v) is 10.8. The van der Waals surface area contributed by atoms with E-state index in [0.717, 1.165) is 33.8 Å². The summed E-state index contributed by atoms with van der Waals surface area (Å²) in [5, 5.41) is 5.96. The zero-order valence-corrected chi connectivity index (χ0v) is 20.4. The third kappa shape index (κ3) is 5.28. The van der Waals surface area contributed by atoms with Gasteiger partial charge in [-0.15, -0.1) is 0 Å². The molecule has 0 aliphatic heterocycles. The zero-order valence-electron chi connectivity index (χ0n) is 20.4. The highest BCUT2D eigenvalue weighted by molar-refractivity contribution is 6.01. The molecule has 0 fully saturated rings. The van der Waals surface area contributed by atoms with Crippen LogP contribution in [-0.2, 0) is 4.79 Å². The maximum atomic E-state index is 11.8. The van der Waals surface area contributed by atoms with Crippen LogP contribution in [0.25, 0.3) is 0 Å². The van der Waals surface area contributed by atoms with Crippen LogP contribution in [0.3, 0.4) is 0 Å². The van der Waals surface area contributed by atoms with Gasteiger partial charge in [-0.25, -0.2) is 9.97 Å². The van der Waals surface area contributed by atoms with Gasteiger partial charge in [0.05, 0.1) is 38.0 Å². The number of aryl methyl sites for hydroxylation is 1. The average molecular weight is 463 g/mol. The molecule has 0 radical (unpaired) electrons. The molecule has 2 aromatic carbocycles. The Kier molecular flexibility index (Phi) is 7.73. The number of carbonyl (C=O) groups excluding carboxylic acids is 1. The van der Waals surface area contributed by atoms with Crippen molar-refractivity contribution >= 4 is 23.2 Å². The Labute approximate surface area is 200 Å². The lowest BCUT2D eigenvalue weighted by atomic mass is 9.96. The smallest absolute Gasteiger partial charge is 0.247 e. The minimum Gasteiger partial charge on any atom is -0.496 e. The van der Waals surface area contributed by atoms with Crippen molar-refractivity contribution in [1.29, 1.82) is 0 Å². The molecule has 0 saturated heterocycles. The van der Waals surface area contributed by atoms with Crippen molar-refractivity contribution in [2.24, 2.45) is 0 Å². The number of aromatic nitrogens is 2. The van der Waals surface area contributed by atoms with E-state index >= 15 is 0 Å². The molecule has 178 valence electrons. The van der Waals surface area contributed by atoms with Gasteiger partial charge in [0.25, 0.3) is 0 Å². The lowest BCUT2D eigenvalue weighted by Crippen LogP contribution is -2.11. The Morgan fingerprint density at radius 1 is 1.06 bits per heavy atom. The van der Waals surface area contributed by atoms with Gasteiger partial charge in [-0.2, -0.15) is 0 Å². The van der Waals surface area contributed by atoms with Crippen LogP contribution >= 0.6 is 0 Å². The van der Waals surface area contributed by atoms with E-state index < -0.39 is 0 Å². The van der Waals surface area contributed by atoms with E-state index in [0.29, 0.717) is 23.1 Å². The molecule has 0 aliphatic carbocycles. The number of methoxy groups -OCH3 is 2. The summed E-state index contributed by atoms with van der Waals surface area (Å²) in [6.45, 7) is 11.4. The highest BCUT2D eigenvalue weighted by Gasteiger charge is 2.20. The summed E-state index contributed by atoms with van der Waals surface area (Å²) < 4.78 is 17.2. The van der Waals surface area contributed by atoms with Crippen molar-refractivity contribution < 1.29 is 19.0 Å².